The highest BCUT2D eigenvalue weighted by atomic mass is 16.1. The van der Waals surface area contributed by atoms with Crippen LogP contribution in [0.1, 0.15) is 40.0 Å². The fourth-order valence-electron chi connectivity index (χ4n) is 3.68. The molecule has 1 heterocycles. The molecule has 4 rings (SSSR count). The predicted molar refractivity (Wildman–Crippen MR) is 97.4 cm³/mol. The second-order valence-electron chi connectivity index (χ2n) is 6.51. The number of carbonyl (C=O) groups is 1. The van der Waals surface area contributed by atoms with Gasteiger partial charge >= 0.3 is 0 Å². The van der Waals surface area contributed by atoms with Crippen LogP contribution in [0.4, 0.5) is 0 Å². The molecule has 0 radical (unpaired) electrons. The second-order valence-corrected chi connectivity index (χ2v) is 6.51. The lowest BCUT2D eigenvalue weighted by atomic mass is 9.95. The molecule has 1 aromatic heterocycles. The first kappa shape index (κ1) is 15.0. The van der Waals surface area contributed by atoms with Crippen molar-refractivity contribution in [3.05, 3.63) is 70.9 Å². The van der Waals surface area contributed by atoms with E-state index in [4.69, 9.17) is 0 Å². The Hall–Kier alpha value is -2.55. The molecule has 1 amide bonds. The molecule has 0 saturated heterocycles. The van der Waals surface area contributed by atoms with Gasteiger partial charge in [0.1, 0.15) is 0 Å². The predicted octanol–water partition coefficient (Wildman–Crippen LogP) is 4.02. The molecule has 3 aromatic rings. The van der Waals surface area contributed by atoms with Crippen LogP contribution in [-0.4, -0.2) is 17.4 Å². The minimum atomic E-state index is 0.00938. The number of benzene rings is 2. The summed E-state index contributed by atoms with van der Waals surface area (Å²) in [6, 6.07) is 16.3. The van der Waals surface area contributed by atoms with E-state index in [9.17, 15) is 4.79 Å². The van der Waals surface area contributed by atoms with Gasteiger partial charge in [0.05, 0.1) is 11.1 Å². The van der Waals surface area contributed by atoms with Gasteiger partial charge < -0.3 is 10.3 Å². The molecular formula is C21H22N2O. The Morgan fingerprint density at radius 2 is 1.83 bits per heavy atom. The van der Waals surface area contributed by atoms with E-state index in [1.165, 1.54) is 35.0 Å². The van der Waals surface area contributed by atoms with Crippen molar-refractivity contribution in [2.75, 3.05) is 6.54 Å². The first-order chi connectivity index (χ1) is 11.8. The lowest BCUT2D eigenvalue weighted by Gasteiger charge is -2.10. The van der Waals surface area contributed by atoms with Crippen molar-refractivity contribution in [3.63, 3.8) is 0 Å². The van der Waals surface area contributed by atoms with E-state index in [-0.39, 0.29) is 5.91 Å². The van der Waals surface area contributed by atoms with Gasteiger partial charge in [-0.2, -0.15) is 0 Å². The number of para-hydroxylation sites is 1. The highest BCUT2D eigenvalue weighted by molar-refractivity contribution is 6.06. The minimum Gasteiger partial charge on any atom is -0.358 e. The molecule has 3 heteroatoms. The zero-order valence-corrected chi connectivity index (χ0v) is 13.8. The molecule has 0 unspecified atom stereocenters. The largest absolute Gasteiger partial charge is 0.358 e. The van der Waals surface area contributed by atoms with Crippen LogP contribution in [0, 0.1) is 0 Å². The van der Waals surface area contributed by atoms with Crippen molar-refractivity contribution in [3.8, 4) is 0 Å². The standard InChI is InChI=1S/C21H22N2O/c24-21(22-14-13-15-7-2-1-3-8-15)18-11-6-10-17-16-9-4-5-12-19(16)23-20(17)18/h1-3,6-8,10-11,23H,4-5,9,12-14H2,(H,22,24). The Balaban J connectivity index is 1.53. The number of aryl methyl sites for hydroxylation is 2. The monoisotopic (exact) mass is 318 g/mol. The van der Waals surface area contributed by atoms with Crippen LogP contribution in [0.25, 0.3) is 10.9 Å². The zero-order valence-electron chi connectivity index (χ0n) is 13.8. The molecule has 1 aliphatic carbocycles. The molecule has 0 fully saturated rings. The van der Waals surface area contributed by atoms with E-state index in [2.05, 4.69) is 28.5 Å². The maximum atomic E-state index is 12.6. The van der Waals surface area contributed by atoms with E-state index in [0.717, 1.165) is 30.3 Å². The van der Waals surface area contributed by atoms with Gasteiger partial charge in [-0.05, 0) is 49.3 Å². The highest BCUT2D eigenvalue weighted by Crippen LogP contribution is 2.30. The molecule has 0 saturated carbocycles. The minimum absolute atomic E-state index is 0.00938. The summed E-state index contributed by atoms with van der Waals surface area (Å²) in [5, 5.41) is 4.28. The number of hydrogen-bond acceptors (Lipinski definition) is 1. The smallest absolute Gasteiger partial charge is 0.253 e. The number of hydrogen-bond donors (Lipinski definition) is 2. The van der Waals surface area contributed by atoms with Gasteiger partial charge in [0.25, 0.3) is 5.91 Å². The lowest BCUT2D eigenvalue weighted by molar-refractivity contribution is 0.0955. The van der Waals surface area contributed by atoms with E-state index < -0.39 is 0 Å². The molecule has 2 N–H and O–H groups in total. The molecular weight excluding hydrogens is 296 g/mol. The van der Waals surface area contributed by atoms with Crippen molar-refractivity contribution in [2.24, 2.45) is 0 Å². The molecule has 24 heavy (non-hydrogen) atoms. The lowest BCUT2D eigenvalue weighted by Crippen LogP contribution is -2.25. The van der Waals surface area contributed by atoms with Crippen molar-refractivity contribution < 1.29 is 4.79 Å². The molecule has 3 nitrogen and oxygen atoms in total. The summed E-state index contributed by atoms with van der Waals surface area (Å²) >= 11 is 0. The normalized spacial score (nSPS) is 13.7. The van der Waals surface area contributed by atoms with Gasteiger partial charge in [0, 0.05) is 17.6 Å². The Kier molecular flexibility index (Phi) is 4.08. The van der Waals surface area contributed by atoms with Gasteiger partial charge in [-0.3, -0.25) is 4.79 Å². The number of amides is 1. The third-order valence-electron chi connectivity index (χ3n) is 4.92. The summed E-state index contributed by atoms with van der Waals surface area (Å²) in [5.41, 5.74) is 5.74. The van der Waals surface area contributed by atoms with Crippen LogP contribution in [0.2, 0.25) is 0 Å². The van der Waals surface area contributed by atoms with E-state index >= 15 is 0 Å². The molecule has 0 bridgehead atoms. The summed E-state index contributed by atoms with van der Waals surface area (Å²) in [5.74, 6) is 0.00938. The quantitative estimate of drug-likeness (QED) is 0.750. The van der Waals surface area contributed by atoms with Crippen LogP contribution in [-0.2, 0) is 19.3 Å². The van der Waals surface area contributed by atoms with Crippen molar-refractivity contribution >= 4 is 16.8 Å². The summed E-state index contributed by atoms with van der Waals surface area (Å²) in [7, 11) is 0. The number of carbonyl (C=O) groups excluding carboxylic acids is 1. The topological polar surface area (TPSA) is 44.9 Å². The van der Waals surface area contributed by atoms with Gasteiger partial charge in [-0.25, -0.2) is 0 Å². The highest BCUT2D eigenvalue weighted by Gasteiger charge is 2.19. The van der Waals surface area contributed by atoms with E-state index in [1.54, 1.807) is 0 Å². The molecule has 0 aliphatic heterocycles. The van der Waals surface area contributed by atoms with Crippen molar-refractivity contribution in [1.82, 2.24) is 10.3 Å². The number of aromatic amines is 1. The molecule has 1 aliphatic rings. The summed E-state index contributed by atoms with van der Waals surface area (Å²) in [6.45, 7) is 0.652. The summed E-state index contributed by atoms with van der Waals surface area (Å²) in [6.07, 6.45) is 5.54. The van der Waals surface area contributed by atoms with Crippen LogP contribution in [0.15, 0.2) is 48.5 Å². The van der Waals surface area contributed by atoms with Gasteiger partial charge in [-0.15, -0.1) is 0 Å². The van der Waals surface area contributed by atoms with Crippen molar-refractivity contribution in [1.29, 1.82) is 0 Å². The molecule has 0 spiro atoms. The van der Waals surface area contributed by atoms with Crippen LogP contribution >= 0.6 is 0 Å². The van der Waals surface area contributed by atoms with E-state index in [1.807, 2.05) is 30.3 Å². The third kappa shape index (κ3) is 2.82. The number of aromatic nitrogens is 1. The van der Waals surface area contributed by atoms with Crippen LogP contribution in [0.5, 0.6) is 0 Å². The first-order valence-electron chi connectivity index (χ1n) is 8.77. The fraction of sp³-hybridized carbons (Fsp3) is 0.286. The summed E-state index contributed by atoms with van der Waals surface area (Å²) in [4.78, 5) is 16.1. The number of rotatable bonds is 4. The van der Waals surface area contributed by atoms with Crippen LogP contribution in [0.3, 0.4) is 0 Å². The number of H-pyrrole nitrogens is 1. The average Bonchev–Trinajstić information content (AvgIpc) is 3.01. The van der Waals surface area contributed by atoms with Crippen molar-refractivity contribution in [2.45, 2.75) is 32.1 Å². The fourth-order valence-corrected chi connectivity index (χ4v) is 3.68. The SMILES string of the molecule is O=C(NCCc1ccccc1)c1cccc2c3c([nH]c12)CCCC3. The zero-order chi connectivity index (χ0) is 16.4. The van der Waals surface area contributed by atoms with E-state index in [0.29, 0.717) is 6.54 Å². The Bertz CT molecular complexity index is 864. The Morgan fingerprint density at radius 1 is 1.00 bits per heavy atom. The maximum absolute atomic E-state index is 12.6. The molecule has 2 aromatic carbocycles. The van der Waals surface area contributed by atoms with Crippen LogP contribution < -0.4 is 5.32 Å². The van der Waals surface area contributed by atoms with Gasteiger partial charge in [0.15, 0.2) is 0 Å². The average molecular weight is 318 g/mol. The number of nitrogens with one attached hydrogen (secondary N) is 2. The second kappa shape index (κ2) is 6.52. The molecule has 122 valence electrons. The third-order valence-corrected chi connectivity index (χ3v) is 4.92. The number of fused-ring (bicyclic) bond motifs is 3. The Morgan fingerprint density at radius 3 is 2.71 bits per heavy atom. The summed E-state index contributed by atoms with van der Waals surface area (Å²) < 4.78 is 0. The van der Waals surface area contributed by atoms with Gasteiger partial charge in [0.2, 0.25) is 0 Å². The van der Waals surface area contributed by atoms with Gasteiger partial charge in [-0.1, -0.05) is 42.5 Å². The first-order valence-corrected chi connectivity index (χ1v) is 8.77. The maximum Gasteiger partial charge on any atom is 0.253 e. The molecule has 0 atom stereocenters. The Labute approximate surface area is 142 Å².